The maximum absolute atomic E-state index is 11.9. The Kier molecular flexibility index (Phi) is 4.76. The SMILES string of the molecule is CCOC(=O)C1CCCCN1Cc1ccccc1. The number of carbonyl (C=O) groups is 1. The Morgan fingerprint density at radius 3 is 2.83 bits per heavy atom. The number of nitrogens with zero attached hydrogens (tertiary/aromatic N) is 1. The minimum Gasteiger partial charge on any atom is -0.465 e. The third-order valence-electron chi connectivity index (χ3n) is 3.40. The van der Waals surface area contributed by atoms with Gasteiger partial charge in [0.15, 0.2) is 0 Å². The summed E-state index contributed by atoms with van der Waals surface area (Å²) < 4.78 is 5.17. The van der Waals surface area contributed by atoms with Gasteiger partial charge in [0.1, 0.15) is 6.04 Å². The normalized spacial score (nSPS) is 20.6. The second-order valence-electron chi connectivity index (χ2n) is 4.72. The molecule has 1 fully saturated rings. The summed E-state index contributed by atoms with van der Waals surface area (Å²) in [5, 5.41) is 0. The molecule has 18 heavy (non-hydrogen) atoms. The number of hydrogen-bond donors (Lipinski definition) is 0. The summed E-state index contributed by atoms with van der Waals surface area (Å²) in [6, 6.07) is 10.3. The van der Waals surface area contributed by atoms with Gasteiger partial charge >= 0.3 is 5.97 Å². The van der Waals surface area contributed by atoms with Crippen LogP contribution in [-0.2, 0) is 16.1 Å². The van der Waals surface area contributed by atoms with Crippen LogP contribution in [0.3, 0.4) is 0 Å². The summed E-state index contributed by atoms with van der Waals surface area (Å²) in [6.07, 6.45) is 3.21. The Morgan fingerprint density at radius 1 is 1.33 bits per heavy atom. The molecule has 1 aromatic rings. The molecule has 2 rings (SSSR count). The van der Waals surface area contributed by atoms with Gasteiger partial charge in [0.2, 0.25) is 0 Å². The van der Waals surface area contributed by atoms with Crippen LogP contribution < -0.4 is 0 Å². The molecular weight excluding hydrogens is 226 g/mol. The first-order valence-electron chi connectivity index (χ1n) is 6.76. The number of ether oxygens (including phenoxy) is 1. The van der Waals surface area contributed by atoms with Crippen molar-refractivity contribution in [2.45, 2.75) is 38.8 Å². The second kappa shape index (κ2) is 6.55. The largest absolute Gasteiger partial charge is 0.465 e. The Labute approximate surface area is 109 Å². The van der Waals surface area contributed by atoms with Crippen LogP contribution >= 0.6 is 0 Å². The third kappa shape index (κ3) is 3.33. The molecule has 1 unspecified atom stereocenters. The van der Waals surface area contributed by atoms with Gasteiger partial charge in [0, 0.05) is 6.54 Å². The van der Waals surface area contributed by atoms with Crippen molar-refractivity contribution in [3.63, 3.8) is 0 Å². The van der Waals surface area contributed by atoms with Gasteiger partial charge in [-0.15, -0.1) is 0 Å². The van der Waals surface area contributed by atoms with E-state index in [1.807, 2.05) is 25.1 Å². The van der Waals surface area contributed by atoms with E-state index < -0.39 is 0 Å². The molecule has 1 heterocycles. The molecule has 1 atom stereocenters. The Bertz CT molecular complexity index is 377. The van der Waals surface area contributed by atoms with Gasteiger partial charge in [-0.1, -0.05) is 36.8 Å². The topological polar surface area (TPSA) is 29.5 Å². The van der Waals surface area contributed by atoms with Crippen LogP contribution in [0, 0.1) is 0 Å². The third-order valence-corrected chi connectivity index (χ3v) is 3.40. The van der Waals surface area contributed by atoms with Crippen molar-refractivity contribution >= 4 is 5.97 Å². The fourth-order valence-electron chi connectivity index (χ4n) is 2.50. The number of piperidine rings is 1. The number of likely N-dealkylation sites (tertiary alicyclic amines) is 1. The Morgan fingerprint density at radius 2 is 2.11 bits per heavy atom. The Hall–Kier alpha value is -1.35. The summed E-state index contributed by atoms with van der Waals surface area (Å²) in [4.78, 5) is 14.2. The standard InChI is InChI=1S/C15H21NO2/c1-2-18-15(17)14-10-6-7-11-16(14)12-13-8-4-3-5-9-13/h3-5,8-9,14H,2,6-7,10-12H2,1H3. The molecule has 1 aliphatic heterocycles. The van der Waals surface area contributed by atoms with Crippen molar-refractivity contribution in [1.29, 1.82) is 0 Å². The smallest absolute Gasteiger partial charge is 0.323 e. The van der Waals surface area contributed by atoms with Crippen molar-refractivity contribution in [1.82, 2.24) is 4.90 Å². The van der Waals surface area contributed by atoms with Crippen LogP contribution in [0.15, 0.2) is 30.3 Å². The minimum atomic E-state index is -0.0619. The highest BCUT2D eigenvalue weighted by Gasteiger charge is 2.29. The van der Waals surface area contributed by atoms with Gasteiger partial charge in [-0.05, 0) is 31.9 Å². The first-order chi connectivity index (χ1) is 8.81. The summed E-state index contributed by atoms with van der Waals surface area (Å²) in [5.41, 5.74) is 1.26. The maximum atomic E-state index is 11.9. The lowest BCUT2D eigenvalue weighted by atomic mass is 10.0. The molecule has 0 amide bonds. The van der Waals surface area contributed by atoms with E-state index >= 15 is 0 Å². The van der Waals surface area contributed by atoms with Crippen molar-refractivity contribution in [2.75, 3.05) is 13.2 Å². The Balaban J connectivity index is 2.01. The first kappa shape index (κ1) is 13.1. The molecular formula is C15H21NO2. The van der Waals surface area contributed by atoms with Gasteiger partial charge in [-0.2, -0.15) is 0 Å². The number of hydrogen-bond acceptors (Lipinski definition) is 3. The molecule has 1 aliphatic rings. The lowest BCUT2D eigenvalue weighted by Gasteiger charge is -2.33. The van der Waals surface area contributed by atoms with E-state index in [0.29, 0.717) is 6.61 Å². The lowest BCUT2D eigenvalue weighted by molar-refractivity contribution is -0.151. The molecule has 98 valence electrons. The van der Waals surface area contributed by atoms with Crippen molar-refractivity contribution in [3.05, 3.63) is 35.9 Å². The molecule has 0 N–H and O–H groups in total. The highest BCUT2D eigenvalue weighted by atomic mass is 16.5. The van der Waals surface area contributed by atoms with Crippen molar-refractivity contribution in [3.8, 4) is 0 Å². The zero-order valence-electron chi connectivity index (χ0n) is 11.0. The van der Waals surface area contributed by atoms with Gasteiger partial charge in [0.25, 0.3) is 0 Å². The molecule has 0 aromatic heterocycles. The summed E-state index contributed by atoms with van der Waals surface area (Å²) >= 11 is 0. The van der Waals surface area contributed by atoms with Crippen LogP contribution in [0.5, 0.6) is 0 Å². The molecule has 3 nitrogen and oxygen atoms in total. The van der Waals surface area contributed by atoms with E-state index in [2.05, 4.69) is 17.0 Å². The summed E-state index contributed by atoms with van der Waals surface area (Å²) in [6.45, 7) is 4.15. The summed E-state index contributed by atoms with van der Waals surface area (Å²) in [7, 11) is 0. The van der Waals surface area contributed by atoms with Crippen LogP contribution in [0.25, 0.3) is 0 Å². The number of esters is 1. The number of carbonyl (C=O) groups excluding carboxylic acids is 1. The zero-order valence-corrected chi connectivity index (χ0v) is 11.0. The fourth-order valence-corrected chi connectivity index (χ4v) is 2.50. The summed E-state index contributed by atoms with van der Waals surface area (Å²) in [5.74, 6) is -0.0619. The molecule has 0 spiro atoms. The van der Waals surface area contributed by atoms with Crippen LogP contribution in [0.2, 0.25) is 0 Å². The fraction of sp³-hybridized carbons (Fsp3) is 0.533. The predicted molar refractivity (Wildman–Crippen MR) is 71.1 cm³/mol. The predicted octanol–water partition coefficient (Wildman–Crippen LogP) is 2.60. The minimum absolute atomic E-state index is 0.0566. The molecule has 0 saturated carbocycles. The van der Waals surface area contributed by atoms with Gasteiger partial charge in [0.05, 0.1) is 6.61 Å². The van der Waals surface area contributed by atoms with Crippen LogP contribution in [0.4, 0.5) is 0 Å². The molecule has 0 bridgehead atoms. The average Bonchev–Trinajstić information content (AvgIpc) is 2.41. The maximum Gasteiger partial charge on any atom is 0.323 e. The van der Waals surface area contributed by atoms with E-state index in [1.165, 1.54) is 12.0 Å². The van der Waals surface area contributed by atoms with E-state index in [1.54, 1.807) is 0 Å². The number of benzene rings is 1. The van der Waals surface area contributed by atoms with E-state index in [-0.39, 0.29) is 12.0 Å². The molecule has 0 radical (unpaired) electrons. The van der Waals surface area contributed by atoms with E-state index in [4.69, 9.17) is 4.74 Å². The van der Waals surface area contributed by atoms with Crippen molar-refractivity contribution < 1.29 is 9.53 Å². The molecule has 1 aromatic carbocycles. The lowest BCUT2D eigenvalue weighted by Crippen LogP contribution is -2.44. The van der Waals surface area contributed by atoms with Crippen molar-refractivity contribution in [2.24, 2.45) is 0 Å². The van der Waals surface area contributed by atoms with Gasteiger partial charge in [-0.3, -0.25) is 9.69 Å². The molecule has 1 saturated heterocycles. The molecule has 3 heteroatoms. The van der Waals surface area contributed by atoms with Crippen LogP contribution in [-0.4, -0.2) is 30.1 Å². The average molecular weight is 247 g/mol. The van der Waals surface area contributed by atoms with Crippen LogP contribution in [0.1, 0.15) is 31.7 Å². The highest BCUT2D eigenvalue weighted by Crippen LogP contribution is 2.20. The monoisotopic (exact) mass is 247 g/mol. The zero-order chi connectivity index (χ0) is 12.8. The number of rotatable bonds is 4. The van der Waals surface area contributed by atoms with E-state index in [9.17, 15) is 4.79 Å². The van der Waals surface area contributed by atoms with Gasteiger partial charge in [-0.25, -0.2) is 0 Å². The highest BCUT2D eigenvalue weighted by molar-refractivity contribution is 5.75. The first-order valence-corrected chi connectivity index (χ1v) is 6.76. The quantitative estimate of drug-likeness (QED) is 0.766. The van der Waals surface area contributed by atoms with E-state index in [0.717, 1.165) is 25.9 Å². The van der Waals surface area contributed by atoms with Gasteiger partial charge < -0.3 is 4.74 Å². The second-order valence-corrected chi connectivity index (χ2v) is 4.72. The molecule has 0 aliphatic carbocycles.